The van der Waals surface area contributed by atoms with Gasteiger partial charge < -0.3 is 10.5 Å². The summed E-state index contributed by atoms with van der Waals surface area (Å²) < 4.78 is 29.7. The third kappa shape index (κ3) is 2.02. The van der Waals surface area contributed by atoms with E-state index in [1.54, 1.807) is 6.07 Å². The molecule has 0 bridgehead atoms. The van der Waals surface area contributed by atoms with E-state index in [1.807, 2.05) is 0 Å². The minimum atomic E-state index is -2.78. The zero-order chi connectivity index (χ0) is 11.4. The summed E-state index contributed by atoms with van der Waals surface area (Å²) in [7, 11) is 1.21. The Hall–Kier alpha value is -1.74. The van der Waals surface area contributed by atoms with Crippen molar-refractivity contribution in [2.75, 3.05) is 7.11 Å². The van der Waals surface area contributed by atoms with E-state index in [0.717, 1.165) is 0 Å². The highest BCUT2D eigenvalue weighted by Gasteiger charge is 2.21. The molecule has 1 aromatic rings. The second kappa shape index (κ2) is 4.66. The molecule has 0 saturated heterocycles. The minimum absolute atomic E-state index is 0.0188. The zero-order valence-corrected chi connectivity index (χ0v) is 8.00. The molecule has 0 aromatic carbocycles. The van der Waals surface area contributed by atoms with E-state index in [0.29, 0.717) is 5.56 Å². The first kappa shape index (κ1) is 11.3. The van der Waals surface area contributed by atoms with Gasteiger partial charge in [-0.2, -0.15) is 5.26 Å². The summed E-state index contributed by atoms with van der Waals surface area (Å²) in [6.07, 6.45) is -1.61. The number of pyridine rings is 1. The Morgan fingerprint density at radius 2 is 2.33 bits per heavy atom. The molecule has 80 valence electrons. The summed E-state index contributed by atoms with van der Waals surface area (Å²) in [5.74, 6) is -0.199. The van der Waals surface area contributed by atoms with Crippen molar-refractivity contribution < 1.29 is 13.5 Å². The lowest BCUT2D eigenvalue weighted by molar-refractivity contribution is 0.141. The first-order valence-corrected chi connectivity index (χ1v) is 4.09. The Labute approximate surface area is 85.3 Å². The van der Waals surface area contributed by atoms with Crippen LogP contribution in [0, 0.1) is 11.3 Å². The Balaban J connectivity index is 3.43. The van der Waals surface area contributed by atoms with E-state index in [2.05, 4.69) is 4.98 Å². The van der Waals surface area contributed by atoms with Crippen LogP contribution in [0.4, 0.5) is 8.78 Å². The van der Waals surface area contributed by atoms with Gasteiger partial charge in [-0.05, 0) is 0 Å². The number of aromatic nitrogens is 1. The maximum absolute atomic E-state index is 12.5. The third-order valence-electron chi connectivity index (χ3n) is 1.88. The molecule has 15 heavy (non-hydrogen) atoms. The van der Waals surface area contributed by atoms with Gasteiger partial charge in [-0.3, -0.25) is 4.98 Å². The highest BCUT2D eigenvalue weighted by atomic mass is 19.3. The third-order valence-corrected chi connectivity index (χ3v) is 1.88. The van der Waals surface area contributed by atoms with Gasteiger partial charge in [0.1, 0.15) is 17.3 Å². The number of nitrogens with zero attached hydrogens (tertiary/aromatic N) is 2. The number of hydrogen-bond donors (Lipinski definition) is 1. The molecule has 0 aliphatic heterocycles. The lowest BCUT2D eigenvalue weighted by atomic mass is 10.1. The van der Waals surface area contributed by atoms with Gasteiger partial charge in [0, 0.05) is 18.3 Å². The van der Waals surface area contributed by atoms with Gasteiger partial charge in [0.25, 0.3) is 6.43 Å². The van der Waals surface area contributed by atoms with Crippen molar-refractivity contribution in [3.05, 3.63) is 23.0 Å². The van der Waals surface area contributed by atoms with Crippen molar-refractivity contribution in [3.8, 4) is 11.8 Å². The van der Waals surface area contributed by atoms with Crippen molar-refractivity contribution in [1.82, 2.24) is 4.98 Å². The van der Waals surface area contributed by atoms with Crippen LogP contribution in [0.5, 0.6) is 5.75 Å². The van der Waals surface area contributed by atoms with Gasteiger partial charge >= 0.3 is 0 Å². The molecule has 2 N–H and O–H groups in total. The SMILES string of the molecule is COc1c(C(F)F)ncc(CN)c1C#N. The second-order valence-corrected chi connectivity index (χ2v) is 2.69. The molecule has 0 fully saturated rings. The first-order valence-electron chi connectivity index (χ1n) is 4.09. The van der Waals surface area contributed by atoms with Crippen molar-refractivity contribution in [2.45, 2.75) is 13.0 Å². The van der Waals surface area contributed by atoms with Crippen LogP contribution in [0.1, 0.15) is 23.2 Å². The number of nitrogens with two attached hydrogens (primary N) is 1. The maximum atomic E-state index is 12.5. The summed E-state index contributed by atoms with van der Waals surface area (Å²) in [6, 6.07) is 1.78. The van der Waals surface area contributed by atoms with Crippen LogP contribution in [-0.2, 0) is 6.54 Å². The molecule has 0 saturated carbocycles. The van der Waals surface area contributed by atoms with Crippen molar-refractivity contribution >= 4 is 0 Å². The van der Waals surface area contributed by atoms with Gasteiger partial charge in [0.2, 0.25) is 0 Å². The summed E-state index contributed by atoms with van der Waals surface area (Å²) in [5.41, 5.74) is 5.21. The summed E-state index contributed by atoms with van der Waals surface area (Å²) in [4.78, 5) is 3.52. The predicted molar refractivity (Wildman–Crippen MR) is 48.4 cm³/mol. The highest BCUT2D eigenvalue weighted by molar-refractivity contribution is 5.50. The topological polar surface area (TPSA) is 71.9 Å². The summed E-state index contributed by atoms with van der Waals surface area (Å²) >= 11 is 0. The molecular formula is C9H9F2N3O. The van der Waals surface area contributed by atoms with Crippen LogP contribution < -0.4 is 10.5 Å². The van der Waals surface area contributed by atoms with E-state index >= 15 is 0 Å². The van der Waals surface area contributed by atoms with Crippen LogP contribution in [-0.4, -0.2) is 12.1 Å². The molecule has 4 nitrogen and oxygen atoms in total. The molecule has 1 aromatic heterocycles. The second-order valence-electron chi connectivity index (χ2n) is 2.69. The Bertz CT molecular complexity index is 401. The Morgan fingerprint density at radius 3 is 2.73 bits per heavy atom. The standard InChI is InChI=1S/C9H9F2N3O/c1-15-8-6(3-13)5(2-12)4-14-7(8)9(10)11/h4,9H,2,12H2,1H3. The van der Waals surface area contributed by atoms with Gasteiger partial charge in [-0.1, -0.05) is 0 Å². The lowest BCUT2D eigenvalue weighted by Crippen LogP contribution is -2.06. The quantitative estimate of drug-likeness (QED) is 0.822. The molecule has 1 rings (SSSR count). The number of ether oxygens (including phenoxy) is 1. The number of alkyl halides is 2. The fourth-order valence-corrected chi connectivity index (χ4v) is 1.18. The summed E-state index contributed by atoms with van der Waals surface area (Å²) in [5, 5.41) is 8.81. The Kier molecular flexibility index (Phi) is 3.52. The monoisotopic (exact) mass is 213 g/mol. The Morgan fingerprint density at radius 1 is 1.67 bits per heavy atom. The molecule has 0 spiro atoms. The highest BCUT2D eigenvalue weighted by Crippen LogP contribution is 2.31. The molecule has 6 heteroatoms. The zero-order valence-electron chi connectivity index (χ0n) is 8.00. The fraction of sp³-hybridized carbons (Fsp3) is 0.333. The molecule has 0 atom stereocenters. The smallest absolute Gasteiger partial charge is 0.284 e. The average molecular weight is 213 g/mol. The van der Waals surface area contributed by atoms with E-state index in [1.165, 1.54) is 13.3 Å². The van der Waals surface area contributed by atoms with Crippen LogP contribution in [0.25, 0.3) is 0 Å². The van der Waals surface area contributed by atoms with Gasteiger partial charge in [0.05, 0.1) is 7.11 Å². The van der Waals surface area contributed by atoms with Crippen molar-refractivity contribution in [3.63, 3.8) is 0 Å². The molecule has 0 aliphatic carbocycles. The van der Waals surface area contributed by atoms with Gasteiger partial charge in [-0.15, -0.1) is 0 Å². The van der Waals surface area contributed by atoms with Crippen LogP contribution in [0.3, 0.4) is 0 Å². The number of rotatable bonds is 3. The molecular weight excluding hydrogens is 204 g/mol. The number of halogens is 2. The van der Waals surface area contributed by atoms with Gasteiger partial charge in [-0.25, -0.2) is 8.78 Å². The molecule has 0 unspecified atom stereocenters. The predicted octanol–water partition coefficient (Wildman–Crippen LogP) is 1.36. The number of methoxy groups -OCH3 is 1. The maximum Gasteiger partial charge on any atom is 0.284 e. The summed E-state index contributed by atoms with van der Waals surface area (Å²) in [6.45, 7) is 0.0514. The van der Waals surface area contributed by atoms with Crippen molar-refractivity contribution in [1.29, 1.82) is 5.26 Å². The van der Waals surface area contributed by atoms with E-state index in [9.17, 15) is 8.78 Å². The van der Waals surface area contributed by atoms with Gasteiger partial charge in [0.15, 0.2) is 5.75 Å². The van der Waals surface area contributed by atoms with Crippen molar-refractivity contribution in [2.24, 2.45) is 5.73 Å². The van der Waals surface area contributed by atoms with E-state index < -0.39 is 12.1 Å². The van der Waals surface area contributed by atoms with E-state index in [4.69, 9.17) is 15.7 Å². The number of hydrogen-bond acceptors (Lipinski definition) is 4. The lowest BCUT2D eigenvalue weighted by Gasteiger charge is -2.10. The molecule has 0 radical (unpaired) electrons. The normalized spacial score (nSPS) is 10.1. The first-order chi connectivity index (χ1) is 7.15. The molecule has 0 aliphatic rings. The van der Waals surface area contributed by atoms with Crippen LogP contribution in [0.2, 0.25) is 0 Å². The largest absolute Gasteiger partial charge is 0.493 e. The fourth-order valence-electron chi connectivity index (χ4n) is 1.18. The van der Waals surface area contributed by atoms with Crippen LogP contribution in [0.15, 0.2) is 6.20 Å². The minimum Gasteiger partial charge on any atom is -0.493 e. The molecule has 0 amide bonds. The van der Waals surface area contributed by atoms with E-state index in [-0.39, 0.29) is 17.9 Å². The van der Waals surface area contributed by atoms with Crippen LogP contribution >= 0.6 is 0 Å². The average Bonchev–Trinajstić information content (AvgIpc) is 2.26. The molecule has 1 heterocycles. The number of nitriles is 1.